The van der Waals surface area contributed by atoms with Gasteiger partial charge in [0.05, 0.1) is 46.6 Å². The minimum Gasteiger partial charge on any atom is -0.490 e. The van der Waals surface area contributed by atoms with Gasteiger partial charge < -0.3 is 18.4 Å². The maximum absolute atomic E-state index is 15.8. The van der Waals surface area contributed by atoms with Gasteiger partial charge in [0.25, 0.3) is 0 Å². The van der Waals surface area contributed by atoms with E-state index in [2.05, 4.69) is 14.3 Å². The third kappa shape index (κ3) is 7.81. The summed E-state index contributed by atoms with van der Waals surface area (Å²) < 4.78 is 117. The van der Waals surface area contributed by atoms with Crippen LogP contribution >= 0.6 is 11.3 Å². The smallest absolute Gasteiger partial charge is 0.490 e. The number of benzene rings is 1. The van der Waals surface area contributed by atoms with Gasteiger partial charge in [-0.15, -0.1) is 11.3 Å². The molecule has 0 spiro atoms. The van der Waals surface area contributed by atoms with Gasteiger partial charge in [-0.3, -0.25) is 9.58 Å². The first kappa shape index (κ1) is 38.8. The molecule has 1 aromatic carbocycles. The number of thiophene rings is 1. The highest BCUT2D eigenvalue weighted by atomic mass is 32.2. The summed E-state index contributed by atoms with van der Waals surface area (Å²) in [4.78, 5) is 18.9. The van der Waals surface area contributed by atoms with E-state index in [1.165, 1.54) is 29.5 Å². The number of fused-ring (bicyclic) bond motifs is 2. The van der Waals surface area contributed by atoms with Crippen molar-refractivity contribution >= 4 is 37.6 Å². The first-order valence-corrected chi connectivity index (χ1v) is 17.7. The number of alkyl halides is 3. The van der Waals surface area contributed by atoms with Crippen LogP contribution in [0.15, 0.2) is 29.6 Å². The number of ether oxygens (including phenoxy) is 3. The summed E-state index contributed by atoms with van der Waals surface area (Å²) in [5, 5.41) is 5.82. The standard InChI is InChI=1S/C30H31F5N4O7S2.C2H6/c1-15-14-38-21(16(2)39(15)28(40)45-29(3,4)5)13-20(37-38)25-24(23-19(32)11-17(31)12-22(23)44-9-8-43-6)26-18(7-10-47-26)27(36-25)46-48(41,42)30(33,34)35;1-2/h7,10-13,15-16H,8-9,14H2,1-6H3;1-2H3. The van der Waals surface area contributed by atoms with E-state index in [1.54, 1.807) is 39.3 Å². The van der Waals surface area contributed by atoms with Gasteiger partial charge in [-0.05, 0) is 52.1 Å². The SMILES string of the molecule is CC.COCCOc1cc(F)cc(F)c1-c1c(-c2cc3n(n2)CC(C)N(C(=O)OC(C)(C)C)C3C)nc(OS(=O)(=O)C(F)(F)F)c2ccsc12. The molecule has 4 aromatic rings. The van der Waals surface area contributed by atoms with Crippen molar-refractivity contribution < 1.29 is 53.6 Å². The highest BCUT2D eigenvalue weighted by Crippen LogP contribution is 2.48. The molecule has 0 fully saturated rings. The molecule has 1 aliphatic rings. The molecule has 0 saturated carbocycles. The Morgan fingerprint density at radius 3 is 2.36 bits per heavy atom. The van der Waals surface area contributed by atoms with Crippen molar-refractivity contribution in [1.82, 2.24) is 19.7 Å². The second-order valence-corrected chi connectivity index (χ2v) is 14.4. The highest BCUT2D eigenvalue weighted by molar-refractivity contribution is 7.88. The van der Waals surface area contributed by atoms with Crippen LogP contribution < -0.4 is 8.92 Å². The van der Waals surface area contributed by atoms with E-state index in [1.807, 2.05) is 13.8 Å². The lowest BCUT2D eigenvalue weighted by molar-refractivity contribution is -0.0500. The molecule has 0 aliphatic carbocycles. The molecule has 1 amide bonds. The predicted octanol–water partition coefficient (Wildman–Crippen LogP) is 8.09. The van der Waals surface area contributed by atoms with Crippen LogP contribution in [0.5, 0.6) is 11.6 Å². The molecule has 0 radical (unpaired) electrons. The molecule has 11 nitrogen and oxygen atoms in total. The van der Waals surface area contributed by atoms with Crippen LogP contribution in [-0.4, -0.2) is 71.7 Å². The zero-order valence-electron chi connectivity index (χ0n) is 28.5. The van der Waals surface area contributed by atoms with E-state index >= 15 is 4.39 Å². The summed E-state index contributed by atoms with van der Waals surface area (Å²) in [5.74, 6) is -3.28. The normalized spacial score (nSPS) is 16.5. The summed E-state index contributed by atoms with van der Waals surface area (Å²) in [6, 6.07) is 3.23. The molecular weight excluding hydrogens is 711 g/mol. The Morgan fingerprint density at radius 1 is 1.06 bits per heavy atom. The number of nitrogens with zero attached hydrogens (tertiary/aromatic N) is 4. The molecule has 50 heavy (non-hydrogen) atoms. The first-order valence-electron chi connectivity index (χ1n) is 15.5. The number of halogens is 5. The van der Waals surface area contributed by atoms with Crippen molar-refractivity contribution in [3.05, 3.63) is 47.0 Å². The fourth-order valence-electron chi connectivity index (χ4n) is 5.31. The minimum atomic E-state index is -6.19. The van der Waals surface area contributed by atoms with Gasteiger partial charge >= 0.3 is 21.7 Å². The zero-order valence-corrected chi connectivity index (χ0v) is 30.1. The average Bonchev–Trinajstić information content (AvgIpc) is 3.65. The Balaban J connectivity index is 0.00000276. The summed E-state index contributed by atoms with van der Waals surface area (Å²) in [6.07, 6.45) is -0.588. The molecule has 2 unspecified atom stereocenters. The molecule has 18 heteroatoms. The van der Waals surface area contributed by atoms with E-state index in [0.717, 1.165) is 17.4 Å². The average molecular weight is 749 g/mol. The zero-order chi connectivity index (χ0) is 37.3. The van der Waals surface area contributed by atoms with E-state index in [-0.39, 0.29) is 58.1 Å². The van der Waals surface area contributed by atoms with Crippen LogP contribution in [0.25, 0.3) is 32.6 Å². The summed E-state index contributed by atoms with van der Waals surface area (Å²) in [7, 11) is -4.79. The van der Waals surface area contributed by atoms with Gasteiger partial charge in [-0.2, -0.15) is 26.7 Å². The molecular formula is C32H37F5N4O7S2. The van der Waals surface area contributed by atoms with Gasteiger partial charge in [-0.25, -0.2) is 18.6 Å². The molecule has 2 atom stereocenters. The lowest BCUT2D eigenvalue weighted by Crippen LogP contribution is -2.48. The van der Waals surface area contributed by atoms with Crippen molar-refractivity contribution in [1.29, 1.82) is 0 Å². The van der Waals surface area contributed by atoms with Gasteiger partial charge in [0.2, 0.25) is 5.88 Å². The number of pyridine rings is 1. The van der Waals surface area contributed by atoms with Crippen molar-refractivity contribution in [3.63, 3.8) is 0 Å². The number of rotatable bonds is 8. The maximum Gasteiger partial charge on any atom is 0.534 e. The Hall–Kier alpha value is -4.03. The summed E-state index contributed by atoms with van der Waals surface area (Å²) >= 11 is 0.920. The lowest BCUT2D eigenvalue weighted by Gasteiger charge is -2.39. The maximum atomic E-state index is 15.8. The van der Waals surface area contributed by atoms with Gasteiger partial charge in [0.1, 0.15) is 41.0 Å². The molecule has 4 heterocycles. The molecule has 3 aromatic heterocycles. The predicted molar refractivity (Wildman–Crippen MR) is 176 cm³/mol. The molecule has 0 saturated heterocycles. The number of carbonyl (C=O) groups is 1. The number of amides is 1. The van der Waals surface area contributed by atoms with Crippen LogP contribution in [0.2, 0.25) is 0 Å². The van der Waals surface area contributed by atoms with Crippen molar-refractivity contribution in [2.45, 2.75) is 78.2 Å². The first-order chi connectivity index (χ1) is 23.3. The third-order valence-electron chi connectivity index (χ3n) is 7.27. The van der Waals surface area contributed by atoms with Gasteiger partial charge in [0, 0.05) is 24.8 Å². The van der Waals surface area contributed by atoms with E-state index in [9.17, 15) is 30.8 Å². The molecule has 274 valence electrons. The van der Waals surface area contributed by atoms with Crippen molar-refractivity contribution in [2.24, 2.45) is 0 Å². The van der Waals surface area contributed by atoms with Crippen LogP contribution in [0.3, 0.4) is 0 Å². The van der Waals surface area contributed by atoms with Crippen LogP contribution in [0.1, 0.15) is 60.2 Å². The molecule has 0 N–H and O–H groups in total. The topological polar surface area (TPSA) is 122 Å². The fraction of sp³-hybridized carbons (Fsp3) is 0.469. The Kier molecular flexibility index (Phi) is 11.4. The number of carbonyl (C=O) groups excluding carboxylic acids is 1. The van der Waals surface area contributed by atoms with E-state index in [4.69, 9.17) is 14.2 Å². The fourth-order valence-corrected chi connectivity index (χ4v) is 6.68. The van der Waals surface area contributed by atoms with Crippen molar-refractivity contribution in [2.75, 3.05) is 20.3 Å². The van der Waals surface area contributed by atoms with Gasteiger partial charge in [-0.1, -0.05) is 13.8 Å². The Morgan fingerprint density at radius 2 is 1.74 bits per heavy atom. The highest BCUT2D eigenvalue weighted by Gasteiger charge is 2.49. The summed E-state index contributed by atoms with van der Waals surface area (Å²) in [5.41, 5.74) is -6.80. The number of hydrogen-bond donors (Lipinski definition) is 0. The quantitative estimate of drug-likeness (QED) is 0.0762. The Bertz CT molecular complexity index is 1970. The minimum absolute atomic E-state index is 0.0267. The largest absolute Gasteiger partial charge is 0.534 e. The van der Waals surface area contributed by atoms with E-state index in [0.29, 0.717) is 11.8 Å². The van der Waals surface area contributed by atoms with Crippen LogP contribution in [0, 0.1) is 11.6 Å². The van der Waals surface area contributed by atoms with E-state index < -0.39 is 56.9 Å². The monoisotopic (exact) mass is 748 g/mol. The summed E-state index contributed by atoms with van der Waals surface area (Å²) in [6.45, 7) is 12.8. The van der Waals surface area contributed by atoms with Gasteiger partial charge in [0.15, 0.2) is 0 Å². The Labute approximate surface area is 290 Å². The number of hydrogen-bond acceptors (Lipinski definition) is 10. The number of aromatic nitrogens is 3. The van der Waals surface area contributed by atoms with Crippen LogP contribution in [0.4, 0.5) is 26.7 Å². The van der Waals surface area contributed by atoms with Crippen LogP contribution in [-0.2, 0) is 26.1 Å². The second-order valence-electron chi connectivity index (χ2n) is 11.9. The third-order valence-corrected chi connectivity index (χ3v) is 9.15. The van der Waals surface area contributed by atoms with Crippen molar-refractivity contribution in [3.8, 4) is 34.1 Å². The molecule has 0 bridgehead atoms. The molecule has 1 aliphatic heterocycles. The lowest BCUT2D eigenvalue weighted by atomic mass is 9.98. The second kappa shape index (κ2) is 14.7. The number of methoxy groups -OCH3 is 1. The molecule has 5 rings (SSSR count).